The molecule has 0 aromatic carbocycles. The van der Waals surface area contributed by atoms with Gasteiger partial charge < -0.3 is 10.0 Å². The third kappa shape index (κ3) is 2.69. The molecule has 2 aliphatic carbocycles. The highest BCUT2D eigenvalue weighted by Crippen LogP contribution is 2.30. The van der Waals surface area contributed by atoms with E-state index in [0.29, 0.717) is 12.1 Å². The van der Waals surface area contributed by atoms with Crippen LogP contribution in [0.2, 0.25) is 0 Å². The highest BCUT2D eigenvalue weighted by atomic mass is 16.4. The summed E-state index contributed by atoms with van der Waals surface area (Å²) in [5.74, 6) is 0. The van der Waals surface area contributed by atoms with Gasteiger partial charge >= 0.3 is 6.09 Å². The molecule has 1 N–H and O–H groups in total. The molecule has 0 saturated heterocycles. The lowest BCUT2D eigenvalue weighted by Crippen LogP contribution is -2.48. The fraction of sp³-hybridized carbons (Fsp3) is 0.923. The second-order valence-corrected chi connectivity index (χ2v) is 5.27. The Labute approximate surface area is 97.8 Å². The van der Waals surface area contributed by atoms with E-state index in [0.717, 1.165) is 25.7 Å². The number of nitrogens with zero attached hydrogens (tertiary/aromatic N) is 1. The molecule has 0 aromatic rings. The van der Waals surface area contributed by atoms with Crippen LogP contribution in [0.5, 0.6) is 0 Å². The standard InChI is InChI=1S/C13H23NO2/c15-13(16)14(11-7-3-1-4-8-11)12-9-5-2-6-10-12/h11-12H,1-10H2,(H,15,16). The Balaban J connectivity index is 1.99. The molecule has 0 radical (unpaired) electrons. The highest BCUT2D eigenvalue weighted by molar-refractivity contribution is 5.66. The van der Waals surface area contributed by atoms with E-state index in [-0.39, 0.29) is 0 Å². The van der Waals surface area contributed by atoms with Crippen LogP contribution in [0.3, 0.4) is 0 Å². The van der Waals surface area contributed by atoms with E-state index >= 15 is 0 Å². The summed E-state index contributed by atoms with van der Waals surface area (Å²) < 4.78 is 0. The van der Waals surface area contributed by atoms with Crippen LogP contribution in [0.1, 0.15) is 64.2 Å². The number of carboxylic acid groups (broad SMARTS) is 1. The van der Waals surface area contributed by atoms with E-state index in [1.54, 1.807) is 4.90 Å². The molecule has 0 aromatic heterocycles. The van der Waals surface area contributed by atoms with E-state index in [1.165, 1.54) is 38.5 Å². The van der Waals surface area contributed by atoms with Gasteiger partial charge in [-0.2, -0.15) is 0 Å². The van der Waals surface area contributed by atoms with Gasteiger partial charge in [0.2, 0.25) is 0 Å². The maximum absolute atomic E-state index is 11.4. The quantitative estimate of drug-likeness (QED) is 0.779. The Morgan fingerprint density at radius 3 is 1.50 bits per heavy atom. The SMILES string of the molecule is O=C(O)N(C1CCCCC1)C1CCCCC1. The molecule has 0 spiro atoms. The first-order valence-electron chi connectivity index (χ1n) is 6.80. The van der Waals surface area contributed by atoms with Gasteiger partial charge in [0, 0.05) is 12.1 Å². The van der Waals surface area contributed by atoms with Crippen LogP contribution in [0.25, 0.3) is 0 Å². The molecule has 2 fully saturated rings. The zero-order valence-electron chi connectivity index (χ0n) is 10.0. The minimum absolute atomic E-state index is 0.314. The predicted octanol–water partition coefficient (Wildman–Crippen LogP) is 3.63. The Morgan fingerprint density at radius 1 is 0.812 bits per heavy atom. The van der Waals surface area contributed by atoms with Crippen LogP contribution >= 0.6 is 0 Å². The molecular formula is C13H23NO2. The largest absolute Gasteiger partial charge is 0.465 e. The first-order valence-corrected chi connectivity index (χ1v) is 6.80. The van der Waals surface area contributed by atoms with Crippen LogP contribution in [0.15, 0.2) is 0 Å². The van der Waals surface area contributed by atoms with Crippen molar-refractivity contribution in [2.45, 2.75) is 76.3 Å². The van der Waals surface area contributed by atoms with Gasteiger partial charge in [-0.05, 0) is 25.7 Å². The molecule has 3 nitrogen and oxygen atoms in total. The smallest absolute Gasteiger partial charge is 0.407 e. The molecule has 0 bridgehead atoms. The van der Waals surface area contributed by atoms with Gasteiger partial charge in [0.25, 0.3) is 0 Å². The van der Waals surface area contributed by atoms with E-state index in [4.69, 9.17) is 0 Å². The summed E-state index contributed by atoms with van der Waals surface area (Å²) >= 11 is 0. The predicted molar refractivity (Wildman–Crippen MR) is 63.6 cm³/mol. The van der Waals surface area contributed by atoms with E-state index < -0.39 is 6.09 Å². The highest BCUT2D eigenvalue weighted by Gasteiger charge is 2.31. The topological polar surface area (TPSA) is 40.5 Å². The summed E-state index contributed by atoms with van der Waals surface area (Å²) in [5.41, 5.74) is 0. The van der Waals surface area contributed by atoms with Crippen LogP contribution in [0.4, 0.5) is 4.79 Å². The molecule has 92 valence electrons. The molecule has 16 heavy (non-hydrogen) atoms. The van der Waals surface area contributed by atoms with Gasteiger partial charge in [-0.1, -0.05) is 38.5 Å². The minimum atomic E-state index is -0.682. The van der Waals surface area contributed by atoms with Gasteiger partial charge in [-0.15, -0.1) is 0 Å². The lowest BCUT2D eigenvalue weighted by Gasteiger charge is -2.39. The van der Waals surface area contributed by atoms with E-state index in [9.17, 15) is 9.90 Å². The Morgan fingerprint density at radius 2 is 1.19 bits per heavy atom. The number of amides is 1. The summed E-state index contributed by atoms with van der Waals surface area (Å²) in [7, 11) is 0. The van der Waals surface area contributed by atoms with Crippen molar-refractivity contribution in [1.29, 1.82) is 0 Å². The number of rotatable bonds is 2. The summed E-state index contributed by atoms with van der Waals surface area (Å²) in [6, 6.07) is 0.628. The zero-order chi connectivity index (χ0) is 11.4. The van der Waals surface area contributed by atoms with Gasteiger partial charge in [0.1, 0.15) is 0 Å². The first-order chi connectivity index (χ1) is 7.79. The number of hydrogen-bond acceptors (Lipinski definition) is 1. The zero-order valence-corrected chi connectivity index (χ0v) is 10.0. The molecule has 0 unspecified atom stereocenters. The van der Waals surface area contributed by atoms with Crippen molar-refractivity contribution >= 4 is 6.09 Å². The summed E-state index contributed by atoms with van der Waals surface area (Å²) in [6.45, 7) is 0. The number of carbonyl (C=O) groups is 1. The van der Waals surface area contributed by atoms with Crippen molar-refractivity contribution in [3.8, 4) is 0 Å². The van der Waals surface area contributed by atoms with Gasteiger partial charge in [0.15, 0.2) is 0 Å². The Hall–Kier alpha value is -0.730. The van der Waals surface area contributed by atoms with Crippen molar-refractivity contribution in [3.63, 3.8) is 0 Å². The molecule has 3 heteroatoms. The van der Waals surface area contributed by atoms with Crippen LogP contribution in [0, 0.1) is 0 Å². The average molecular weight is 225 g/mol. The van der Waals surface area contributed by atoms with Crippen molar-refractivity contribution in [3.05, 3.63) is 0 Å². The van der Waals surface area contributed by atoms with Crippen LogP contribution < -0.4 is 0 Å². The maximum atomic E-state index is 11.4. The van der Waals surface area contributed by atoms with Gasteiger partial charge in [-0.25, -0.2) is 4.79 Å². The van der Waals surface area contributed by atoms with Crippen molar-refractivity contribution < 1.29 is 9.90 Å². The number of hydrogen-bond donors (Lipinski definition) is 1. The fourth-order valence-electron chi connectivity index (χ4n) is 3.33. The molecule has 0 aliphatic heterocycles. The molecule has 2 aliphatic rings. The van der Waals surface area contributed by atoms with E-state index in [2.05, 4.69) is 0 Å². The second-order valence-electron chi connectivity index (χ2n) is 5.27. The lowest BCUT2D eigenvalue weighted by molar-refractivity contribution is 0.0705. The molecule has 2 saturated carbocycles. The van der Waals surface area contributed by atoms with Crippen molar-refractivity contribution in [2.24, 2.45) is 0 Å². The Kier molecular flexibility index (Phi) is 4.08. The van der Waals surface area contributed by atoms with Crippen LogP contribution in [-0.2, 0) is 0 Å². The fourth-order valence-corrected chi connectivity index (χ4v) is 3.33. The average Bonchev–Trinajstić information content (AvgIpc) is 2.31. The second kappa shape index (κ2) is 5.55. The molecule has 0 heterocycles. The monoisotopic (exact) mass is 225 g/mol. The molecule has 1 amide bonds. The molecule has 2 rings (SSSR count). The summed E-state index contributed by atoms with van der Waals surface area (Å²) in [5, 5.41) is 9.40. The van der Waals surface area contributed by atoms with Crippen molar-refractivity contribution in [2.75, 3.05) is 0 Å². The Bertz CT molecular complexity index is 212. The lowest BCUT2D eigenvalue weighted by atomic mass is 9.89. The first kappa shape index (κ1) is 11.7. The van der Waals surface area contributed by atoms with Gasteiger partial charge in [0.05, 0.1) is 0 Å². The summed E-state index contributed by atoms with van der Waals surface area (Å²) in [6.07, 6.45) is 11.1. The third-order valence-corrected chi connectivity index (χ3v) is 4.16. The van der Waals surface area contributed by atoms with Crippen LogP contribution in [-0.4, -0.2) is 28.2 Å². The molecular weight excluding hydrogens is 202 g/mol. The minimum Gasteiger partial charge on any atom is -0.465 e. The normalized spacial score (nSPS) is 24.2. The van der Waals surface area contributed by atoms with E-state index in [1.807, 2.05) is 0 Å². The summed E-state index contributed by atoms with van der Waals surface area (Å²) in [4.78, 5) is 13.2. The molecule has 0 atom stereocenters. The van der Waals surface area contributed by atoms with Gasteiger partial charge in [-0.3, -0.25) is 0 Å². The maximum Gasteiger partial charge on any atom is 0.407 e. The van der Waals surface area contributed by atoms with Crippen molar-refractivity contribution in [1.82, 2.24) is 4.90 Å². The third-order valence-electron chi connectivity index (χ3n) is 4.16.